The lowest BCUT2D eigenvalue weighted by Gasteiger charge is -2.00. The highest BCUT2D eigenvalue weighted by Gasteiger charge is 2.14. The molecule has 10 heteroatoms. The molecule has 0 bridgehead atoms. The van der Waals surface area contributed by atoms with Crippen LogP contribution >= 0.6 is 11.3 Å². The van der Waals surface area contributed by atoms with Gasteiger partial charge in [0.1, 0.15) is 5.52 Å². The van der Waals surface area contributed by atoms with E-state index < -0.39 is 0 Å². The normalized spacial score (nSPS) is 11.1. The maximum atomic E-state index is 12.3. The highest BCUT2D eigenvalue weighted by molar-refractivity contribution is 7.15. The molecule has 0 aromatic carbocycles. The summed E-state index contributed by atoms with van der Waals surface area (Å²) in [7, 11) is 1.74. The van der Waals surface area contributed by atoms with Gasteiger partial charge in [-0.3, -0.25) is 15.2 Å². The van der Waals surface area contributed by atoms with Crippen molar-refractivity contribution in [3.05, 3.63) is 34.8 Å². The number of amides is 1. The van der Waals surface area contributed by atoms with Crippen molar-refractivity contribution in [3.8, 4) is 10.7 Å². The van der Waals surface area contributed by atoms with Crippen molar-refractivity contribution >= 4 is 34.4 Å². The fourth-order valence-corrected chi connectivity index (χ4v) is 3.02. The Hall–Kier alpha value is -3.14. The first-order valence-electron chi connectivity index (χ1n) is 7.06. The number of nitrogens with zero attached hydrogens (tertiary/aromatic N) is 6. The lowest BCUT2D eigenvalue weighted by atomic mass is 10.2. The first kappa shape index (κ1) is 14.5. The summed E-state index contributed by atoms with van der Waals surface area (Å²) in [5.74, 6) is 0.467. The van der Waals surface area contributed by atoms with Crippen molar-refractivity contribution in [3.63, 3.8) is 0 Å². The number of H-pyrrole nitrogens is 1. The Morgan fingerprint density at radius 3 is 3.04 bits per heavy atom. The van der Waals surface area contributed by atoms with Crippen molar-refractivity contribution in [2.24, 2.45) is 7.05 Å². The number of carbonyl (C=O) groups is 1. The van der Waals surface area contributed by atoms with Crippen LogP contribution in [0.15, 0.2) is 24.4 Å². The summed E-state index contributed by atoms with van der Waals surface area (Å²) >= 11 is 1.60. The number of aromatic amines is 1. The summed E-state index contributed by atoms with van der Waals surface area (Å²) in [6.07, 6.45) is 1.47. The van der Waals surface area contributed by atoms with E-state index in [1.54, 1.807) is 29.1 Å². The van der Waals surface area contributed by atoms with E-state index in [4.69, 9.17) is 0 Å². The van der Waals surface area contributed by atoms with E-state index in [1.807, 2.05) is 19.1 Å². The lowest BCUT2D eigenvalue weighted by Crippen LogP contribution is -2.13. The third-order valence-corrected chi connectivity index (χ3v) is 4.39. The molecule has 120 valence electrons. The van der Waals surface area contributed by atoms with Gasteiger partial charge in [-0.1, -0.05) is 5.21 Å². The Bertz CT molecular complexity index is 1050. The number of anilines is 1. The minimum absolute atomic E-state index is 0.209. The molecule has 0 atom stereocenters. The fraction of sp³-hybridized carbons (Fsp3) is 0.143. The lowest BCUT2D eigenvalue weighted by molar-refractivity contribution is 0.102. The summed E-state index contributed by atoms with van der Waals surface area (Å²) in [6.45, 7) is 2.02. The molecule has 0 aliphatic heterocycles. The van der Waals surface area contributed by atoms with Crippen LogP contribution in [0.25, 0.3) is 21.9 Å². The molecule has 0 saturated carbocycles. The number of rotatable bonds is 3. The number of carbonyl (C=O) groups excluding carboxylic acids is 1. The van der Waals surface area contributed by atoms with E-state index in [2.05, 4.69) is 35.8 Å². The van der Waals surface area contributed by atoms with Gasteiger partial charge in [0.25, 0.3) is 5.91 Å². The van der Waals surface area contributed by atoms with Crippen LogP contribution in [0.4, 0.5) is 5.95 Å². The predicted molar refractivity (Wildman–Crippen MR) is 88.7 cm³/mol. The van der Waals surface area contributed by atoms with Crippen molar-refractivity contribution in [2.45, 2.75) is 6.92 Å². The first-order valence-corrected chi connectivity index (χ1v) is 7.88. The number of hydrogen-bond acceptors (Lipinski definition) is 7. The second kappa shape index (κ2) is 5.49. The maximum Gasteiger partial charge on any atom is 0.259 e. The number of thiophene rings is 1. The smallest absolute Gasteiger partial charge is 0.259 e. The van der Waals surface area contributed by atoms with E-state index in [-0.39, 0.29) is 11.9 Å². The van der Waals surface area contributed by atoms with E-state index in [9.17, 15) is 4.79 Å². The summed E-state index contributed by atoms with van der Waals surface area (Å²) in [5.41, 5.74) is 1.52. The van der Waals surface area contributed by atoms with Crippen LogP contribution in [-0.2, 0) is 7.05 Å². The SMILES string of the molecule is Cc1ccc(-c2nc(NC(=O)c3cnc4c(c3)nnn4C)n[nH]2)s1. The van der Waals surface area contributed by atoms with Crippen LogP contribution in [0.1, 0.15) is 15.2 Å². The highest BCUT2D eigenvalue weighted by Crippen LogP contribution is 2.25. The van der Waals surface area contributed by atoms with Gasteiger partial charge in [0, 0.05) is 18.1 Å². The number of pyridine rings is 1. The Balaban J connectivity index is 1.55. The van der Waals surface area contributed by atoms with Gasteiger partial charge >= 0.3 is 0 Å². The Kier molecular flexibility index (Phi) is 3.31. The molecule has 2 N–H and O–H groups in total. The molecule has 0 aliphatic rings. The molecular weight excluding hydrogens is 328 g/mol. The van der Waals surface area contributed by atoms with Crippen LogP contribution < -0.4 is 5.32 Å². The number of fused-ring (bicyclic) bond motifs is 1. The Labute approximate surface area is 139 Å². The van der Waals surface area contributed by atoms with Crippen LogP contribution in [0.2, 0.25) is 0 Å². The summed E-state index contributed by atoms with van der Waals surface area (Å²) in [5, 5.41) is 17.3. The number of nitrogens with one attached hydrogen (secondary N) is 2. The van der Waals surface area contributed by atoms with Gasteiger partial charge in [-0.15, -0.1) is 21.5 Å². The average Bonchev–Trinajstić information content (AvgIpc) is 3.28. The molecule has 1 amide bonds. The van der Waals surface area contributed by atoms with Crippen LogP contribution in [-0.4, -0.2) is 41.1 Å². The van der Waals surface area contributed by atoms with Crippen LogP contribution in [0.5, 0.6) is 0 Å². The Morgan fingerprint density at radius 2 is 2.25 bits per heavy atom. The van der Waals surface area contributed by atoms with Gasteiger partial charge in [-0.05, 0) is 25.1 Å². The first-order chi connectivity index (χ1) is 11.6. The molecule has 24 heavy (non-hydrogen) atoms. The molecular formula is C14H12N8OS. The zero-order valence-electron chi connectivity index (χ0n) is 12.8. The van der Waals surface area contributed by atoms with Gasteiger partial charge in [0.2, 0.25) is 5.95 Å². The van der Waals surface area contributed by atoms with Gasteiger partial charge in [0.15, 0.2) is 11.5 Å². The van der Waals surface area contributed by atoms with Crippen molar-refractivity contribution in [1.29, 1.82) is 0 Å². The van der Waals surface area contributed by atoms with E-state index >= 15 is 0 Å². The molecule has 4 aromatic rings. The van der Waals surface area contributed by atoms with E-state index in [0.717, 1.165) is 4.88 Å². The second-order valence-electron chi connectivity index (χ2n) is 5.15. The van der Waals surface area contributed by atoms with Gasteiger partial charge in [-0.25, -0.2) is 9.67 Å². The van der Waals surface area contributed by atoms with Crippen LogP contribution in [0, 0.1) is 6.92 Å². The maximum absolute atomic E-state index is 12.3. The minimum Gasteiger partial charge on any atom is -0.289 e. The molecule has 4 rings (SSSR count). The number of aromatic nitrogens is 7. The molecule has 4 heterocycles. The van der Waals surface area contributed by atoms with Crippen molar-refractivity contribution in [1.82, 2.24) is 35.2 Å². The average molecular weight is 340 g/mol. The monoisotopic (exact) mass is 340 g/mol. The summed E-state index contributed by atoms with van der Waals surface area (Å²) in [6, 6.07) is 5.58. The zero-order valence-corrected chi connectivity index (χ0v) is 13.6. The molecule has 0 saturated heterocycles. The standard InChI is InChI=1S/C14H12N8OS/c1-7-3-4-10(24-7)11-16-14(20-19-11)17-13(23)8-5-9-12(15-6-8)22(2)21-18-9/h3-6H,1-2H3,(H2,16,17,19,20,23). The molecule has 0 aliphatic carbocycles. The largest absolute Gasteiger partial charge is 0.289 e. The number of hydrogen-bond donors (Lipinski definition) is 2. The molecule has 0 spiro atoms. The van der Waals surface area contributed by atoms with E-state index in [0.29, 0.717) is 22.6 Å². The molecule has 0 fully saturated rings. The topological polar surface area (TPSA) is 114 Å². The van der Waals surface area contributed by atoms with Gasteiger partial charge in [0.05, 0.1) is 10.4 Å². The van der Waals surface area contributed by atoms with Crippen molar-refractivity contribution < 1.29 is 4.79 Å². The van der Waals surface area contributed by atoms with Gasteiger partial charge in [-0.2, -0.15) is 4.98 Å². The quantitative estimate of drug-likeness (QED) is 0.587. The fourth-order valence-electron chi connectivity index (χ4n) is 2.21. The third kappa shape index (κ3) is 2.52. The predicted octanol–water partition coefficient (Wildman–Crippen LogP) is 1.77. The zero-order chi connectivity index (χ0) is 16.7. The molecule has 4 aromatic heterocycles. The third-order valence-electron chi connectivity index (χ3n) is 3.39. The van der Waals surface area contributed by atoms with Crippen LogP contribution in [0.3, 0.4) is 0 Å². The molecule has 0 unspecified atom stereocenters. The molecule has 9 nitrogen and oxygen atoms in total. The van der Waals surface area contributed by atoms with Crippen molar-refractivity contribution in [2.75, 3.05) is 5.32 Å². The Morgan fingerprint density at radius 1 is 1.38 bits per heavy atom. The minimum atomic E-state index is -0.358. The highest BCUT2D eigenvalue weighted by atomic mass is 32.1. The summed E-state index contributed by atoms with van der Waals surface area (Å²) < 4.78 is 1.54. The summed E-state index contributed by atoms with van der Waals surface area (Å²) in [4.78, 5) is 22.9. The second-order valence-corrected chi connectivity index (χ2v) is 6.44. The van der Waals surface area contributed by atoms with Gasteiger partial charge < -0.3 is 0 Å². The van der Waals surface area contributed by atoms with E-state index in [1.165, 1.54) is 11.1 Å². The molecule has 0 radical (unpaired) electrons. The number of aryl methyl sites for hydroxylation is 2.